The number of nitrogens with zero attached hydrogens (tertiary/aromatic N) is 3. The topological polar surface area (TPSA) is 105 Å². The number of hydrogen-bond donors (Lipinski definition) is 2. The van der Waals surface area contributed by atoms with Crippen molar-refractivity contribution in [2.45, 2.75) is 95.6 Å². The number of benzene rings is 2. The van der Waals surface area contributed by atoms with Gasteiger partial charge in [0, 0.05) is 18.5 Å². The predicted molar refractivity (Wildman–Crippen MR) is 173 cm³/mol. The molecule has 0 aliphatic carbocycles. The lowest BCUT2D eigenvalue weighted by Gasteiger charge is -2.30. The zero-order chi connectivity index (χ0) is 38.0. The van der Waals surface area contributed by atoms with Gasteiger partial charge in [0.2, 0.25) is 5.91 Å². The lowest BCUT2D eigenvalue weighted by atomic mass is 9.87. The average molecular weight is 743 g/mol. The van der Waals surface area contributed by atoms with Gasteiger partial charge in [0.1, 0.15) is 23.2 Å². The Morgan fingerprint density at radius 2 is 1.58 bits per heavy atom. The largest absolute Gasteiger partial charge is 0.481 e. The highest BCUT2D eigenvalue weighted by molar-refractivity contribution is 5.82. The van der Waals surface area contributed by atoms with Crippen LogP contribution in [0.4, 0.5) is 35.1 Å². The van der Waals surface area contributed by atoms with Gasteiger partial charge >= 0.3 is 18.3 Å². The number of halogens is 8. The van der Waals surface area contributed by atoms with Gasteiger partial charge < -0.3 is 15.3 Å². The number of carbonyl (C=O) groups is 2. The van der Waals surface area contributed by atoms with E-state index in [0.717, 1.165) is 31.6 Å². The summed E-state index contributed by atoms with van der Waals surface area (Å²) in [5.74, 6) is -5.37. The molecule has 282 valence electrons. The third-order valence-corrected chi connectivity index (χ3v) is 9.59. The molecule has 52 heavy (non-hydrogen) atoms. The maximum Gasteiger partial charge on any atom is 0.421 e. The Morgan fingerprint density at radius 1 is 0.904 bits per heavy atom. The molecule has 5 rings (SSSR count). The Balaban J connectivity index is 1.67. The van der Waals surface area contributed by atoms with Gasteiger partial charge in [-0.3, -0.25) is 14.4 Å². The van der Waals surface area contributed by atoms with Crippen molar-refractivity contribution in [3.05, 3.63) is 85.8 Å². The fourth-order valence-corrected chi connectivity index (χ4v) is 6.88. The van der Waals surface area contributed by atoms with Crippen LogP contribution >= 0.6 is 0 Å². The van der Waals surface area contributed by atoms with Crippen LogP contribution in [0.2, 0.25) is 0 Å². The SMILES string of the molecule is Cc1cc(F)cc2c1-c1cc(c(F)c(C(F)(F)F)c1)[C@H](CC(=O)O)NC(=O)[C@@H](n1nc(CCN3CCC3)cc(C(F)(F)F)c1=O)CCCCCCC2. The molecule has 16 heteroatoms. The van der Waals surface area contributed by atoms with Gasteiger partial charge in [-0.25, -0.2) is 13.5 Å². The molecule has 8 nitrogen and oxygen atoms in total. The molecular weight excluding hydrogens is 704 g/mol. The zero-order valence-corrected chi connectivity index (χ0v) is 28.3. The highest BCUT2D eigenvalue weighted by Gasteiger charge is 2.40. The number of amides is 1. The van der Waals surface area contributed by atoms with Gasteiger partial charge in [-0.05, 0) is 98.3 Å². The van der Waals surface area contributed by atoms with E-state index in [2.05, 4.69) is 10.4 Å². The van der Waals surface area contributed by atoms with E-state index in [4.69, 9.17) is 0 Å². The van der Waals surface area contributed by atoms with E-state index in [1.807, 2.05) is 4.90 Å². The van der Waals surface area contributed by atoms with E-state index in [0.29, 0.717) is 54.6 Å². The Bertz CT molecular complexity index is 1870. The van der Waals surface area contributed by atoms with E-state index in [9.17, 15) is 50.2 Å². The van der Waals surface area contributed by atoms with E-state index in [-0.39, 0.29) is 48.1 Å². The molecule has 3 heterocycles. The summed E-state index contributed by atoms with van der Waals surface area (Å²) in [6, 6.07) is 0.698. The van der Waals surface area contributed by atoms with Crippen LogP contribution in [0.25, 0.3) is 11.1 Å². The van der Waals surface area contributed by atoms with E-state index >= 15 is 4.39 Å². The summed E-state index contributed by atoms with van der Waals surface area (Å²) in [5.41, 5.74) is -5.37. The first-order valence-electron chi connectivity index (χ1n) is 17.1. The van der Waals surface area contributed by atoms with Crippen LogP contribution in [0.5, 0.6) is 0 Å². The maximum absolute atomic E-state index is 15.9. The number of carboxylic acid groups (broad SMARTS) is 1. The highest BCUT2D eigenvalue weighted by atomic mass is 19.4. The Hall–Kier alpha value is -4.34. The number of fused-ring (bicyclic) bond motifs is 4. The molecule has 1 saturated heterocycles. The van der Waals surface area contributed by atoms with Crippen molar-refractivity contribution in [1.29, 1.82) is 0 Å². The molecule has 2 bridgehead atoms. The third kappa shape index (κ3) is 8.99. The number of aliphatic carboxylic acids is 1. The number of carboxylic acids is 1. The Labute approximate surface area is 293 Å². The molecule has 2 aliphatic heterocycles. The number of alkyl halides is 6. The van der Waals surface area contributed by atoms with Crippen LogP contribution in [0.1, 0.15) is 97.0 Å². The second-order valence-electron chi connectivity index (χ2n) is 13.4. The lowest BCUT2D eigenvalue weighted by Crippen LogP contribution is -2.43. The van der Waals surface area contributed by atoms with Gasteiger partial charge in [-0.2, -0.15) is 31.4 Å². The molecule has 0 spiro atoms. The predicted octanol–water partition coefficient (Wildman–Crippen LogP) is 7.55. The van der Waals surface area contributed by atoms with Crippen molar-refractivity contribution in [2.75, 3.05) is 19.6 Å². The van der Waals surface area contributed by atoms with Crippen molar-refractivity contribution in [2.24, 2.45) is 0 Å². The summed E-state index contributed by atoms with van der Waals surface area (Å²) in [5, 5.41) is 16.2. The number of rotatable bonds is 6. The second kappa shape index (κ2) is 15.7. The fraction of sp³-hybridized carbons (Fsp3) is 0.500. The summed E-state index contributed by atoms with van der Waals surface area (Å²) < 4.78 is 116. The maximum atomic E-state index is 15.9. The minimum absolute atomic E-state index is 0.0162. The summed E-state index contributed by atoms with van der Waals surface area (Å²) in [4.78, 5) is 41.4. The Kier molecular flexibility index (Phi) is 11.8. The molecule has 3 aromatic rings. The first kappa shape index (κ1) is 38.9. The molecule has 2 aliphatic rings. The van der Waals surface area contributed by atoms with Gasteiger partial charge in [0.25, 0.3) is 5.56 Å². The normalized spacial score (nSPS) is 19.4. The van der Waals surface area contributed by atoms with E-state index in [1.54, 1.807) is 0 Å². The number of aromatic nitrogens is 2. The summed E-state index contributed by atoms with van der Waals surface area (Å²) in [7, 11) is 0. The first-order valence-corrected chi connectivity index (χ1v) is 17.1. The molecule has 1 fully saturated rings. The van der Waals surface area contributed by atoms with E-state index in [1.165, 1.54) is 13.0 Å². The van der Waals surface area contributed by atoms with Gasteiger partial charge in [0.15, 0.2) is 0 Å². The van der Waals surface area contributed by atoms with Crippen molar-refractivity contribution >= 4 is 11.9 Å². The molecule has 2 atom stereocenters. The summed E-state index contributed by atoms with van der Waals surface area (Å²) in [6.07, 6.45) is -8.36. The van der Waals surface area contributed by atoms with Crippen LogP contribution in [-0.4, -0.2) is 51.3 Å². The van der Waals surface area contributed by atoms with Crippen LogP contribution in [0.3, 0.4) is 0 Å². The van der Waals surface area contributed by atoms with Gasteiger partial charge in [-0.1, -0.05) is 25.7 Å². The number of aryl methyl sites for hydroxylation is 2. The minimum atomic E-state index is -5.29. The smallest absolute Gasteiger partial charge is 0.421 e. The quantitative estimate of drug-likeness (QED) is 0.253. The standard InChI is InChI=1S/C36H38F8N4O4/c1-20-14-23(37)15-21-8-5-3-2-4-6-9-29(48-34(52)27(36(42,43)44)18-24(46-48)10-13-47-11-7-12-47)33(51)45-28(19-30(49)50)25-16-22(31(20)21)17-26(32(25)38)35(39,40)41/h14-18,28-29H,2-13,19H2,1H3,(H,45,51)(H,49,50)/t28-,29-/m0/s1. The van der Waals surface area contributed by atoms with Crippen LogP contribution in [-0.2, 0) is 34.8 Å². The first-order chi connectivity index (χ1) is 24.4. The van der Waals surface area contributed by atoms with Crippen LogP contribution < -0.4 is 10.9 Å². The second-order valence-corrected chi connectivity index (χ2v) is 13.4. The number of carbonyl (C=O) groups excluding carboxylic acids is 1. The third-order valence-electron chi connectivity index (χ3n) is 9.59. The van der Waals surface area contributed by atoms with Crippen LogP contribution in [0.15, 0.2) is 35.1 Å². The lowest BCUT2D eigenvalue weighted by molar-refractivity contribution is -0.141. The van der Waals surface area contributed by atoms with Crippen LogP contribution in [0, 0.1) is 18.6 Å². The molecular formula is C36H38F8N4O4. The average Bonchev–Trinajstić information content (AvgIpc) is 3.00. The number of nitrogens with one attached hydrogen (secondary N) is 1. The van der Waals surface area contributed by atoms with Crippen molar-refractivity contribution in [3.63, 3.8) is 0 Å². The van der Waals surface area contributed by atoms with Gasteiger partial charge in [-0.15, -0.1) is 0 Å². The molecule has 2 N–H and O–H groups in total. The minimum Gasteiger partial charge on any atom is -0.481 e. The monoisotopic (exact) mass is 742 g/mol. The molecule has 0 unspecified atom stereocenters. The van der Waals surface area contributed by atoms with Crippen molar-refractivity contribution in [1.82, 2.24) is 20.0 Å². The molecule has 0 radical (unpaired) electrons. The summed E-state index contributed by atoms with van der Waals surface area (Å²) >= 11 is 0. The van der Waals surface area contributed by atoms with Crippen molar-refractivity contribution in [3.8, 4) is 11.1 Å². The highest BCUT2D eigenvalue weighted by Crippen LogP contribution is 2.41. The summed E-state index contributed by atoms with van der Waals surface area (Å²) in [6.45, 7) is 3.27. The molecule has 1 aromatic heterocycles. The van der Waals surface area contributed by atoms with E-state index < -0.39 is 76.6 Å². The molecule has 2 aromatic carbocycles. The number of likely N-dealkylation sites (tertiary alicyclic amines) is 1. The Morgan fingerprint density at radius 3 is 2.21 bits per heavy atom. The zero-order valence-electron chi connectivity index (χ0n) is 28.3. The van der Waals surface area contributed by atoms with Crippen molar-refractivity contribution < 1.29 is 49.8 Å². The fourth-order valence-electron chi connectivity index (χ4n) is 6.88. The number of hydrogen-bond acceptors (Lipinski definition) is 5. The van der Waals surface area contributed by atoms with Gasteiger partial charge in [0.05, 0.1) is 23.7 Å². The molecule has 0 saturated carbocycles. The molecule has 1 amide bonds.